The van der Waals surface area contributed by atoms with Crippen molar-refractivity contribution in [3.8, 4) is 22.6 Å². The van der Waals surface area contributed by atoms with Crippen LogP contribution < -0.4 is 0 Å². The Labute approximate surface area is 158 Å². The Morgan fingerprint density at radius 3 is 2.21 bits per heavy atom. The van der Waals surface area contributed by atoms with Crippen LogP contribution in [0.15, 0.2) is 65.7 Å². The first-order chi connectivity index (χ1) is 13.4. The van der Waals surface area contributed by atoms with E-state index in [9.17, 15) is 30.4 Å². The monoisotopic (exact) mass is 379 g/mol. The van der Waals surface area contributed by atoms with E-state index in [-0.39, 0.29) is 17.0 Å². The molecule has 0 unspecified atom stereocenters. The number of nitro benzene ring substituents is 2. The van der Waals surface area contributed by atoms with Crippen LogP contribution >= 0.6 is 0 Å². The molecule has 3 aromatic carbocycles. The molecule has 0 fully saturated rings. The zero-order chi connectivity index (χ0) is 20.3. The lowest BCUT2D eigenvalue weighted by atomic mass is 10.0. The second kappa shape index (κ2) is 7.54. The minimum atomic E-state index is -0.923. The van der Waals surface area contributed by atoms with Crippen LogP contribution in [0.2, 0.25) is 0 Å². The van der Waals surface area contributed by atoms with Crippen molar-refractivity contribution in [3.63, 3.8) is 0 Å². The third kappa shape index (κ3) is 3.78. The number of nitro groups is 2. The second-order valence-electron chi connectivity index (χ2n) is 5.74. The lowest BCUT2D eigenvalue weighted by Gasteiger charge is -2.05. The van der Waals surface area contributed by atoms with E-state index in [1.807, 2.05) is 30.3 Å². The molecule has 9 nitrogen and oxygen atoms in total. The largest absolute Gasteiger partial charge is 0.506 e. The van der Waals surface area contributed by atoms with Gasteiger partial charge in [-0.1, -0.05) is 36.4 Å². The van der Waals surface area contributed by atoms with E-state index in [0.29, 0.717) is 6.07 Å². The van der Waals surface area contributed by atoms with Crippen molar-refractivity contribution in [2.24, 2.45) is 4.99 Å². The maximum atomic E-state index is 11.0. The predicted octanol–water partition coefficient (Wildman–Crippen LogP) is 4.33. The molecule has 2 N–H and O–H groups in total. The van der Waals surface area contributed by atoms with Crippen LogP contribution in [-0.4, -0.2) is 26.3 Å². The highest BCUT2D eigenvalue weighted by molar-refractivity contribution is 5.89. The number of aliphatic imine (C=N–C) groups is 1. The van der Waals surface area contributed by atoms with Crippen LogP contribution in [-0.2, 0) is 0 Å². The molecule has 0 aliphatic heterocycles. The minimum absolute atomic E-state index is 0.134. The van der Waals surface area contributed by atoms with E-state index in [1.165, 1.54) is 6.07 Å². The van der Waals surface area contributed by atoms with E-state index in [4.69, 9.17) is 0 Å². The summed E-state index contributed by atoms with van der Waals surface area (Å²) in [6.07, 6.45) is 1.03. The summed E-state index contributed by atoms with van der Waals surface area (Å²) < 4.78 is 0. The summed E-state index contributed by atoms with van der Waals surface area (Å²) in [5, 5.41) is 42.1. The first-order valence-corrected chi connectivity index (χ1v) is 7.95. The zero-order valence-electron chi connectivity index (χ0n) is 14.2. The van der Waals surface area contributed by atoms with Crippen molar-refractivity contribution < 1.29 is 20.1 Å². The van der Waals surface area contributed by atoms with Gasteiger partial charge >= 0.3 is 5.69 Å². The van der Waals surface area contributed by atoms with Gasteiger partial charge in [0.15, 0.2) is 0 Å². The molecule has 3 rings (SSSR count). The van der Waals surface area contributed by atoms with Gasteiger partial charge in [0.25, 0.3) is 5.69 Å². The van der Waals surface area contributed by atoms with E-state index in [0.717, 1.165) is 23.4 Å². The number of hydrogen-bond acceptors (Lipinski definition) is 7. The van der Waals surface area contributed by atoms with E-state index in [2.05, 4.69) is 4.99 Å². The molecule has 0 atom stereocenters. The highest BCUT2D eigenvalue weighted by Gasteiger charge is 2.23. The number of nitrogens with zero attached hydrogens (tertiary/aromatic N) is 3. The molecule has 0 saturated carbocycles. The SMILES string of the molecule is O=[N+]([O-])c1cc(C=Nc2cc(-c3ccccc3)ccc2O)c(O)c([N+](=O)[O-])c1. The number of benzene rings is 3. The quantitative estimate of drug-likeness (QED) is 0.384. The average Bonchev–Trinajstić information content (AvgIpc) is 2.68. The molecule has 0 saturated heterocycles. The van der Waals surface area contributed by atoms with E-state index in [1.54, 1.807) is 12.1 Å². The highest BCUT2D eigenvalue weighted by atomic mass is 16.6. The number of rotatable bonds is 5. The van der Waals surface area contributed by atoms with Gasteiger partial charge in [-0.25, -0.2) is 0 Å². The standard InChI is InChI=1S/C19H13N3O6/c23-18-7-6-13(12-4-2-1-3-5-12)9-16(18)20-11-14-8-15(21(25)26)10-17(19(14)24)22(27)28/h1-11,23-24H. The van der Waals surface area contributed by atoms with Crippen molar-refractivity contribution in [3.05, 3.63) is 86.5 Å². The fourth-order valence-corrected chi connectivity index (χ4v) is 2.54. The van der Waals surface area contributed by atoms with Gasteiger partial charge in [-0.15, -0.1) is 0 Å². The van der Waals surface area contributed by atoms with Gasteiger partial charge in [-0.05, 0) is 23.3 Å². The summed E-state index contributed by atoms with van der Waals surface area (Å²) >= 11 is 0. The third-order valence-corrected chi connectivity index (χ3v) is 3.94. The maximum absolute atomic E-state index is 11.0. The van der Waals surface area contributed by atoms with Crippen LogP contribution in [0.3, 0.4) is 0 Å². The molecule has 0 aromatic heterocycles. The fraction of sp³-hybridized carbons (Fsp3) is 0. The maximum Gasteiger partial charge on any atom is 0.318 e. The van der Waals surface area contributed by atoms with Crippen molar-refractivity contribution in [1.82, 2.24) is 0 Å². The zero-order valence-corrected chi connectivity index (χ0v) is 14.2. The van der Waals surface area contributed by atoms with Gasteiger partial charge in [-0.3, -0.25) is 25.2 Å². The number of aromatic hydroxyl groups is 2. The fourth-order valence-electron chi connectivity index (χ4n) is 2.54. The number of phenols is 2. The molecule has 0 bridgehead atoms. The van der Waals surface area contributed by atoms with E-state index >= 15 is 0 Å². The molecule has 0 aliphatic carbocycles. The van der Waals surface area contributed by atoms with Crippen LogP contribution in [0.4, 0.5) is 17.1 Å². The van der Waals surface area contributed by atoms with Gasteiger partial charge in [-0.2, -0.15) is 0 Å². The predicted molar refractivity (Wildman–Crippen MR) is 102 cm³/mol. The summed E-state index contributed by atoms with van der Waals surface area (Å²) in [6, 6.07) is 15.7. The van der Waals surface area contributed by atoms with Crippen LogP contribution in [0.25, 0.3) is 11.1 Å². The van der Waals surface area contributed by atoms with Gasteiger partial charge in [0.1, 0.15) is 11.4 Å². The van der Waals surface area contributed by atoms with Crippen LogP contribution in [0.1, 0.15) is 5.56 Å². The third-order valence-electron chi connectivity index (χ3n) is 3.94. The Balaban J connectivity index is 2.05. The summed E-state index contributed by atoms with van der Waals surface area (Å²) in [5.74, 6) is -0.909. The number of phenolic OH excluding ortho intramolecular Hbond substituents is 2. The molecule has 0 heterocycles. The molecular formula is C19H13N3O6. The smallest absolute Gasteiger partial charge is 0.318 e. The lowest BCUT2D eigenvalue weighted by molar-refractivity contribution is -0.394. The summed E-state index contributed by atoms with van der Waals surface area (Å²) in [6.45, 7) is 0. The van der Waals surface area contributed by atoms with Gasteiger partial charge in [0.2, 0.25) is 5.75 Å². The lowest BCUT2D eigenvalue weighted by Crippen LogP contribution is -1.96. The molecule has 0 radical (unpaired) electrons. The highest BCUT2D eigenvalue weighted by Crippen LogP contribution is 2.35. The summed E-state index contributed by atoms with van der Waals surface area (Å²) in [4.78, 5) is 24.3. The van der Waals surface area contributed by atoms with Gasteiger partial charge < -0.3 is 10.2 Å². The Morgan fingerprint density at radius 1 is 0.857 bits per heavy atom. The molecule has 28 heavy (non-hydrogen) atoms. The Morgan fingerprint density at radius 2 is 1.57 bits per heavy atom. The topological polar surface area (TPSA) is 139 Å². The van der Waals surface area contributed by atoms with Crippen molar-refractivity contribution >= 4 is 23.3 Å². The first kappa shape index (κ1) is 18.5. The van der Waals surface area contributed by atoms with Gasteiger partial charge in [0, 0.05) is 17.8 Å². The molecule has 0 aliphatic rings. The van der Waals surface area contributed by atoms with Crippen molar-refractivity contribution in [2.75, 3.05) is 0 Å². The Hall–Kier alpha value is -4.27. The summed E-state index contributed by atoms with van der Waals surface area (Å²) in [5.41, 5.74) is 0.194. The Kier molecular flexibility index (Phi) is 4.99. The first-order valence-electron chi connectivity index (χ1n) is 7.95. The van der Waals surface area contributed by atoms with Crippen LogP contribution in [0.5, 0.6) is 11.5 Å². The molecule has 9 heteroatoms. The molecule has 140 valence electrons. The second-order valence-corrected chi connectivity index (χ2v) is 5.74. The molecule has 0 spiro atoms. The van der Waals surface area contributed by atoms with Gasteiger partial charge in [0.05, 0.1) is 15.9 Å². The molecular weight excluding hydrogens is 366 g/mol. The number of non-ortho nitro benzene ring substituents is 1. The Bertz CT molecular complexity index is 1100. The van der Waals surface area contributed by atoms with Crippen molar-refractivity contribution in [2.45, 2.75) is 0 Å². The normalized spacial score (nSPS) is 10.9. The minimum Gasteiger partial charge on any atom is -0.506 e. The van der Waals surface area contributed by atoms with E-state index < -0.39 is 27.0 Å². The summed E-state index contributed by atoms with van der Waals surface area (Å²) in [7, 11) is 0. The average molecular weight is 379 g/mol. The van der Waals surface area contributed by atoms with Crippen LogP contribution in [0, 0.1) is 20.2 Å². The number of hydrogen-bond donors (Lipinski definition) is 2. The molecule has 3 aromatic rings. The molecule has 0 amide bonds. The van der Waals surface area contributed by atoms with Crippen molar-refractivity contribution in [1.29, 1.82) is 0 Å².